The number of rotatable bonds is 8. The number of nitro groups is 1. The highest BCUT2D eigenvalue weighted by molar-refractivity contribution is 5.98. The van der Waals surface area contributed by atoms with Gasteiger partial charge in [-0.25, -0.2) is 4.79 Å². The molecule has 0 aliphatic carbocycles. The van der Waals surface area contributed by atoms with Gasteiger partial charge in [0.1, 0.15) is 0 Å². The molecule has 2 fully saturated rings. The van der Waals surface area contributed by atoms with Crippen LogP contribution in [0.3, 0.4) is 0 Å². The van der Waals surface area contributed by atoms with Crippen LogP contribution in [0.4, 0.5) is 10.5 Å². The number of hydrogen-bond donors (Lipinski definition) is 1. The third-order valence-corrected chi connectivity index (χ3v) is 6.37. The number of non-ortho nitro benzene ring substituents is 1. The second kappa shape index (κ2) is 10.1. The average molecular weight is 469 g/mol. The second-order valence-corrected chi connectivity index (χ2v) is 8.41. The van der Waals surface area contributed by atoms with Crippen molar-refractivity contribution in [1.82, 2.24) is 15.1 Å². The lowest BCUT2D eigenvalue weighted by Crippen LogP contribution is -2.67. The SMILES string of the molecule is COc1ccc(CCN2C(=O)C3CCCNC3N(Cc3cccc([N+](=O)[O-])c3)C2=O)cc1OC. The first kappa shape index (κ1) is 23.5. The summed E-state index contributed by atoms with van der Waals surface area (Å²) in [5.41, 5.74) is 1.52. The molecule has 0 saturated carbocycles. The maximum absolute atomic E-state index is 13.5. The van der Waals surface area contributed by atoms with Gasteiger partial charge in [-0.1, -0.05) is 18.2 Å². The molecule has 2 atom stereocenters. The molecule has 180 valence electrons. The van der Waals surface area contributed by atoms with Crippen LogP contribution in [0.1, 0.15) is 24.0 Å². The van der Waals surface area contributed by atoms with Crippen LogP contribution in [0.2, 0.25) is 0 Å². The van der Waals surface area contributed by atoms with Crippen molar-refractivity contribution in [2.75, 3.05) is 27.3 Å². The fourth-order valence-electron chi connectivity index (χ4n) is 4.64. The van der Waals surface area contributed by atoms with Crippen LogP contribution in [0.25, 0.3) is 0 Å². The van der Waals surface area contributed by atoms with Crippen molar-refractivity contribution in [2.24, 2.45) is 5.92 Å². The minimum absolute atomic E-state index is 0.0310. The summed E-state index contributed by atoms with van der Waals surface area (Å²) in [5.74, 6) is 0.657. The Bertz CT molecular complexity index is 1090. The molecule has 0 radical (unpaired) electrons. The molecule has 4 rings (SSSR count). The van der Waals surface area contributed by atoms with Crippen molar-refractivity contribution in [2.45, 2.75) is 32.0 Å². The number of hydrogen-bond acceptors (Lipinski definition) is 7. The Balaban J connectivity index is 1.56. The zero-order chi connectivity index (χ0) is 24.2. The predicted octanol–water partition coefficient (Wildman–Crippen LogP) is 2.94. The first-order valence-corrected chi connectivity index (χ1v) is 11.2. The van der Waals surface area contributed by atoms with E-state index in [2.05, 4.69) is 5.32 Å². The number of imide groups is 1. The lowest BCUT2D eigenvalue weighted by molar-refractivity contribution is -0.384. The van der Waals surface area contributed by atoms with Crippen molar-refractivity contribution in [3.05, 3.63) is 63.7 Å². The number of benzene rings is 2. The summed E-state index contributed by atoms with van der Waals surface area (Å²) >= 11 is 0. The van der Waals surface area contributed by atoms with E-state index in [9.17, 15) is 19.7 Å². The van der Waals surface area contributed by atoms with E-state index < -0.39 is 17.1 Å². The van der Waals surface area contributed by atoms with Crippen LogP contribution in [0, 0.1) is 16.0 Å². The van der Waals surface area contributed by atoms with Gasteiger partial charge in [-0.3, -0.25) is 25.1 Å². The number of nitrogens with one attached hydrogen (secondary N) is 1. The Hall–Kier alpha value is -3.66. The van der Waals surface area contributed by atoms with E-state index in [-0.39, 0.29) is 30.6 Å². The van der Waals surface area contributed by atoms with Crippen LogP contribution in [0.15, 0.2) is 42.5 Å². The number of piperidine rings is 1. The molecule has 0 aromatic heterocycles. The first-order valence-electron chi connectivity index (χ1n) is 11.2. The largest absolute Gasteiger partial charge is 0.493 e. The summed E-state index contributed by atoms with van der Waals surface area (Å²) in [6.07, 6.45) is 1.57. The number of amides is 3. The van der Waals surface area contributed by atoms with Crippen LogP contribution in [-0.2, 0) is 17.8 Å². The van der Waals surface area contributed by atoms with E-state index in [1.165, 1.54) is 17.0 Å². The van der Waals surface area contributed by atoms with Gasteiger partial charge in [0.25, 0.3) is 5.69 Å². The number of methoxy groups -OCH3 is 2. The molecule has 2 aliphatic heterocycles. The van der Waals surface area contributed by atoms with Crippen molar-refractivity contribution < 1.29 is 24.0 Å². The van der Waals surface area contributed by atoms with E-state index >= 15 is 0 Å². The normalized spacial score (nSPS) is 20.2. The Morgan fingerprint density at radius 1 is 1.09 bits per heavy atom. The Morgan fingerprint density at radius 3 is 2.62 bits per heavy atom. The average Bonchev–Trinajstić information content (AvgIpc) is 2.86. The van der Waals surface area contributed by atoms with Gasteiger partial charge in [-0.15, -0.1) is 0 Å². The Morgan fingerprint density at radius 2 is 1.88 bits per heavy atom. The molecule has 2 aromatic rings. The fourth-order valence-corrected chi connectivity index (χ4v) is 4.64. The zero-order valence-corrected chi connectivity index (χ0v) is 19.2. The van der Waals surface area contributed by atoms with Gasteiger partial charge in [0.15, 0.2) is 11.5 Å². The topological polar surface area (TPSA) is 114 Å². The van der Waals surface area contributed by atoms with Crippen LogP contribution >= 0.6 is 0 Å². The predicted molar refractivity (Wildman–Crippen MR) is 124 cm³/mol. The number of fused-ring (bicyclic) bond motifs is 1. The van der Waals surface area contributed by atoms with Crippen LogP contribution < -0.4 is 14.8 Å². The molecule has 34 heavy (non-hydrogen) atoms. The highest BCUT2D eigenvalue weighted by Gasteiger charge is 2.46. The Kier molecular flexibility index (Phi) is 6.97. The zero-order valence-electron chi connectivity index (χ0n) is 19.2. The van der Waals surface area contributed by atoms with Crippen molar-refractivity contribution >= 4 is 17.6 Å². The summed E-state index contributed by atoms with van der Waals surface area (Å²) in [5, 5.41) is 14.5. The highest BCUT2D eigenvalue weighted by Crippen LogP contribution is 2.31. The lowest BCUT2D eigenvalue weighted by Gasteiger charge is -2.47. The van der Waals surface area contributed by atoms with Crippen LogP contribution in [-0.4, -0.2) is 60.1 Å². The van der Waals surface area contributed by atoms with Gasteiger partial charge in [0, 0.05) is 25.2 Å². The number of ether oxygens (including phenoxy) is 2. The maximum atomic E-state index is 13.5. The number of urea groups is 1. The maximum Gasteiger partial charge on any atom is 0.328 e. The molecule has 10 nitrogen and oxygen atoms in total. The molecule has 2 saturated heterocycles. The van der Waals surface area contributed by atoms with E-state index in [4.69, 9.17) is 9.47 Å². The first-order chi connectivity index (χ1) is 16.4. The molecular formula is C24H28N4O6. The van der Waals surface area contributed by atoms with E-state index in [1.807, 2.05) is 12.1 Å². The van der Waals surface area contributed by atoms with E-state index in [1.54, 1.807) is 37.3 Å². The fraction of sp³-hybridized carbons (Fsp3) is 0.417. The molecule has 2 aliphatic rings. The van der Waals surface area contributed by atoms with E-state index in [0.29, 0.717) is 36.4 Å². The van der Waals surface area contributed by atoms with Crippen molar-refractivity contribution in [1.29, 1.82) is 0 Å². The number of nitrogens with zero attached hydrogens (tertiary/aromatic N) is 3. The van der Waals surface area contributed by atoms with Crippen LogP contribution in [0.5, 0.6) is 11.5 Å². The molecule has 2 unspecified atom stereocenters. The number of carbonyl (C=O) groups is 2. The standard InChI is InChI=1S/C24H28N4O6/c1-33-20-9-8-16(14-21(20)34-2)10-12-26-23(29)19-7-4-11-25-22(19)27(24(26)30)15-17-5-3-6-18(13-17)28(31)32/h3,5-6,8-9,13-14,19,22,25H,4,7,10-12,15H2,1-2H3. The minimum atomic E-state index is -0.456. The summed E-state index contributed by atoms with van der Waals surface area (Å²) < 4.78 is 10.6. The molecule has 0 spiro atoms. The van der Waals surface area contributed by atoms with E-state index in [0.717, 1.165) is 12.0 Å². The van der Waals surface area contributed by atoms with Gasteiger partial charge >= 0.3 is 6.03 Å². The summed E-state index contributed by atoms with van der Waals surface area (Å²) in [7, 11) is 3.12. The molecule has 1 N–H and O–H groups in total. The quantitative estimate of drug-likeness (QED) is 0.468. The summed E-state index contributed by atoms with van der Waals surface area (Å²) in [6.45, 7) is 1.11. The molecular weight excluding hydrogens is 440 g/mol. The third-order valence-electron chi connectivity index (χ3n) is 6.37. The second-order valence-electron chi connectivity index (χ2n) is 8.41. The van der Waals surface area contributed by atoms with Gasteiger partial charge < -0.3 is 14.4 Å². The van der Waals surface area contributed by atoms with Gasteiger partial charge in [0.05, 0.1) is 31.2 Å². The summed E-state index contributed by atoms with van der Waals surface area (Å²) in [6, 6.07) is 11.4. The minimum Gasteiger partial charge on any atom is -0.493 e. The number of carbonyl (C=O) groups excluding carboxylic acids is 2. The smallest absolute Gasteiger partial charge is 0.328 e. The lowest BCUT2D eigenvalue weighted by atomic mass is 9.91. The molecule has 2 aromatic carbocycles. The third kappa shape index (κ3) is 4.67. The molecule has 2 heterocycles. The van der Waals surface area contributed by atoms with Gasteiger partial charge in [0.2, 0.25) is 5.91 Å². The van der Waals surface area contributed by atoms with Gasteiger partial charge in [-0.2, -0.15) is 0 Å². The monoisotopic (exact) mass is 468 g/mol. The summed E-state index contributed by atoms with van der Waals surface area (Å²) in [4.78, 5) is 40.4. The Labute approximate surface area is 197 Å². The van der Waals surface area contributed by atoms with Crippen molar-refractivity contribution in [3.8, 4) is 11.5 Å². The molecule has 10 heteroatoms. The molecule has 3 amide bonds. The molecule has 0 bridgehead atoms. The highest BCUT2D eigenvalue weighted by atomic mass is 16.6. The van der Waals surface area contributed by atoms with Gasteiger partial charge in [-0.05, 0) is 49.1 Å². The number of nitro benzene ring substituents is 1. The van der Waals surface area contributed by atoms with Crippen molar-refractivity contribution in [3.63, 3.8) is 0 Å².